The molecule has 0 saturated carbocycles. The fourth-order valence-corrected chi connectivity index (χ4v) is 2.41. The molecular formula is C14H26. The van der Waals surface area contributed by atoms with Crippen molar-refractivity contribution < 1.29 is 0 Å². The summed E-state index contributed by atoms with van der Waals surface area (Å²) in [5.41, 5.74) is 1.75. The van der Waals surface area contributed by atoms with Gasteiger partial charge in [0.1, 0.15) is 0 Å². The van der Waals surface area contributed by atoms with Crippen LogP contribution in [0, 0.1) is 17.8 Å². The Hall–Kier alpha value is -0.260. The van der Waals surface area contributed by atoms with Crippen molar-refractivity contribution in [1.82, 2.24) is 0 Å². The average molecular weight is 194 g/mol. The van der Waals surface area contributed by atoms with E-state index in [1.54, 1.807) is 5.57 Å². The largest absolute Gasteiger partial charge is 0.0844 e. The number of rotatable bonds is 6. The van der Waals surface area contributed by atoms with Crippen LogP contribution in [0.4, 0.5) is 0 Å². The van der Waals surface area contributed by atoms with Crippen molar-refractivity contribution in [2.45, 2.75) is 59.8 Å². The van der Waals surface area contributed by atoms with Crippen molar-refractivity contribution in [2.24, 2.45) is 17.8 Å². The van der Waals surface area contributed by atoms with Gasteiger partial charge in [0.05, 0.1) is 0 Å². The van der Waals surface area contributed by atoms with Gasteiger partial charge in [-0.25, -0.2) is 0 Å². The minimum Gasteiger partial charge on any atom is -0.0844 e. The molecule has 1 aliphatic carbocycles. The first-order valence-electron chi connectivity index (χ1n) is 6.34. The second-order valence-electron chi connectivity index (χ2n) is 5.32. The van der Waals surface area contributed by atoms with E-state index in [1.807, 2.05) is 0 Å². The molecule has 0 saturated heterocycles. The average Bonchev–Trinajstić information content (AvgIpc) is 2.08. The molecule has 1 aliphatic rings. The standard InChI is InChI=1S/C14H26/c1-5-6-7-12(4)10-13-8-9-14(13)11(2)3/h8,11-12,14H,5-7,9-10H2,1-4H3. The van der Waals surface area contributed by atoms with Crippen LogP contribution in [-0.4, -0.2) is 0 Å². The lowest BCUT2D eigenvalue weighted by molar-refractivity contribution is 0.369. The highest BCUT2D eigenvalue weighted by atomic mass is 14.3. The molecule has 0 fully saturated rings. The maximum Gasteiger partial charge on any atom is -0.0145 e. The van der Waals surface area contributed by atoms with Gasteiger partial charge in [-0.05, 0) is 30.6 Å². The van der Waals surface area contributed by atoms with Gasteiger partial charge in [0, 0.05) is 0 Å². The molecule has 0 aromatic carbocycles. The maximum absolute atomic E-state index is 2.47. The Morgan fingerprint density at radius 2 is 2.07 bits per heavy atom. The van der Waals surface area contributed by atoms with Crippen molar-refractivity contribution in [3.63, 3.8) is 0 Å². The van der Waals surface area contributed by atoms with Crippen LogP contribution in [-0.2, 0) is 0 Å². The van der Waals surface area contributed by atoms with Gasteiger partial charge in [-0.15, -0.1) is 0 Å². The van der Waals surface area contributed by atoms with Gasteiger partial charge < -0.3 is 0 Å². The second-order valence-corrected chi connectivity index (χ2v) is 5.32. The molecule has 2 unspecified atom stereocenters. The van der Waals surface area contributed by atoms with Crippen LogP contribution in [0.1, 0.15) is 59.8 Å². The fraction of sp³-hybridized carbons (Fsp3) is 0.857. The van der Waals surface area contributed by atoms with Crippen LogP contribution in [0.5, 0.6) is 0 Å². The molecule has 0 radical (unpaired) electrons. The van der Waals surface area contributed by atoms with Gasteiger partial charge in [0.2, 0.25) is 0 Å². The van der Waals surface area contributed by atoms with E-state index in [4.69, 9.17) is 0 Å². The summed E-state index contributed by atoms with van der Waals surface area (Å²) in [5, 5.41) is 0. The lowest BCUT2D eigenvalue weighted by atomic mass is 9.73. The number of hydrogen-bond acceptors (Lipinski definition) is 0. The predicted molar refractivity (Wildman–Crippen MR) is 64.3 cm³/mol. The summed E-state index contributed by atoms with van der Waals surface area (Å²) in [6, 6.07) is 0. The molecule has 0 bridgehead atoms. The third-order valence-corrected chi connectivity index (χ3v) is 3.55. The number of allylic oxidation sites excluding steroid dienone is 2. The fourth-order valence-electron chi connectivity index (χ4n) is 2.41. The molecular weight excluding hydrogens is 168 g/mol. The van der Waals surface area contributed by atoms with Crippen molar-refractivity contribution in [3.8, 4) is 0 Å². The molecule has 82 valence electrons. The van der Waals surface area contributed by atoms with Crippen molar-refractivity contribution in [3.05, 3.63) is 11.6 Å². The Balaban J connectivity index is 2.24. The van der Waals surface area contributed by atoms with Crippen LogP contribution in [0.3, 0.4) is 0 Å². The van der Waals surface area contributed by atoms with Crippen LogP contribution < -0.4 is 0 Å². The first-order valence-corrected chi connectivity index (χ1v) is 6.34. The third-order valence-electron chi connectivity index (χ3n) is 3.55. The zero-order chi connectivity index (χ0) is 10.6. The van der Waals surface area contributed by atoms with Gasteiger partial charge in [0.25, 0.3) is 0 Å². The highest BCUT2D eigenvalue weighted by Crippen LogP contribution is 2.37. The Morgan fingerprint density at radius 1 is 1.36 bits per heavy atom. The number of unbranched alkanes of at least 4 members (excludes halogenated alkanes) is 1. The Morgan fingerprint density at radius 3 is 2.50 bits per heavy atom. The maximum atomic E-state index is 2.47. The molecule has 1 rings (SSSR count). The Kier molecular flexibility index (Phi) is 4.71. The monoisotopic (exact) mass is 194 g/mol. The first-order chi connectivity index (χ1) is 6.65. The molecule has 14 heavy (non-hydrogen) atoms. The molecule has 0 spiro atoms. The smallest absolute Gasteiger partial charge is 0.0145 e. The third kappa shape index (κ3) is 3.15. The lowest BCUT2D eigenvalue weighted by Crippen LogP contribution is -2.20. The van der Waals surface area contributed by atoms with Crippen LogP contribution in [0.2, 0.25) is 0 Å². The summed E-state index contributed by atoms with van der Waals surface area (Å²) < 4.78 is 0. The van der Waals surface area contributed by atoms with Gasteiger partial charge in [-0.2, -0.15) is 0 Å². The highest BCUT2D eigenvalue weighted by Gasteiger charge is 2.24. The van der Waals surface area contributed by atoms with E-state index >= 15 is 0 Å². The zero-order valence-corrected chi connectivity index (χ0v) is 10.3. The molecule has 2 atom stereocenters. The minimum atomic E-state index is 0.855. The normalized spacial score (nSPS) is 23.2. The van der Waals surface area contributed by atoms with E-state index in [0.717, 1.165) is 17.8 Å². The first kappa shape index (κ1) is 11.8. The lowest BCUT2D eigenvalue weighted by Gasteiger charge is -2.32. The van der Waals surface area contributed by atoms with E-state index < -0.39 is 0 Å². The molecule has 0 heterocycles. The summed E-state index contributed by atoms with van der Waals surface area (Å²) in [6.07, 6.45) is 9.33. The summed E-state index contributed by atoms with van der Waals surface area (Å²) in [5.74, 6) is 2.68. The molecule has 0 aromatic heterocycles. The van der Waals surface area contributed by atoms with Gasteiger partial charge in [-0.3, -0.25) is 0 Å². The Bertz CT molecular complexity index is 188. The molecule has 0 heteroatoms. The summed E-state index contributed by atoms with van der Waals surface area (Å²) >= 11 is 0. The molecule has 0 N–H and O–H groups in total. The van der Waals surface area contributed by atoms with E-state index in [9.17, 15) is 0 Å². The molecule has 0 aromatic rings. The van der Waals surface area contributed by atoms with Gasteiger partial charge in [-0.1, -0.05) is 58.6 Å². The summed E-state index contributed by atoms with van der Waals surface area (Å²) in [6.45, 7) is 9.40. The van der Waals surface area contributed by atoms with E-state index in [0.29, 0.717) is 0 Å². The van der Waals surface area contributed by atoms with Gasteiger partial charge in [0.15, 0.2) is 0 Å². The van der Waals surface area contributed by atoms with Crippen molar-refractivity contribution >= 4 is 0 Å². The second kappa shape index (κ2) is 5.58. The van der Waals surface area contributed by atoms with Crippen molar-refractivity contribution in [1.29, 1.82) is 0 Å². The van der Waals surface area contributed by atoms with Crippen molar-refractivity contribution in [2.75, 3.05) is 0 Å². The molecule has 0 aliphatic heterocycles. The van der Waals surface area contributed by atoms with Crippen LogP contribution in [0.25, 0.3) is 0 Å². The predicted octanol–water partition coefficient (Wildman–Crippen LogP) is 4.81. The zero-order valence-electron chi connectivity index (χ0n) is 10.3. The van der Waals surface area contributed by atoms with E-state index in [1.165, 1.54) is 32.1 Å². The molecule has 0 nitrogen and oxygen atoms in total. The summed E-state index contributed by atoms with van der Waals surface area (Å²) in [4.78, 5) is 0. The van der Waals surface area contributed by atoms with Crippen LogP contribution in [0.15, 0.2) is 11.6 Å². The van der Waals surface area contributed by atoms with E-state index in [2.05, 4.69) is 33.8 Å². The minimum absolute atomic E-state index is 0.855. The Labute approximate surface area is 89.8 Å². The quantitative estimate of drug-likeness (QED) is 0.532. The molecule has 0 amide bonds. The van der Waals surface area contributed by atoms with Crippen LogP contribution >= 0.6 is 0 Å². The number of hydrogen-bond donors (Lipinski definition) is 0. The highest BCUT2D eigenvalue weighted by molar-refractivity contribution is 5.19. The summed E-state index contributed by atoms with van der Waals surface area (Å²) in [7, 11) is 0. The SMILES string of the molecule is CCCCC(C)CC1=CCC1C(C)C. The van der Waals surface area contributed by atoms with Gasteiger partial charge >= 0.3 is 0 Å². The topological polar surface area (TPSA) is 0 Å². The van der Waals surface area contributed by atoms with E-state index in [-0.39, 0.29) is 0 Å².